The van der Waals surface area contributed by atoms with E-state index in [1.807, 2.05) is 19.9 Å². The van der Waals surface area contributed by atoms with E-state index < -0.39 is 11.2 Å². The third-order valence-corrected chi connectivity index (χ3v) is 9.96. The highest BCUT2D eigenvalue weighted by Gasteiger charge is 2.80. The van der Waals surface area contributed by atoms with Crippen molar-refractivity contribution < 1.29 is 19.7 Å². The van der Waals surface area contributed by atoms with E-state index in [4.69, 9.17) is 9.47 Å². The number of phenolic OH excluding ortho intramolecular Hbond substituents is 1. The van der Waals surface area contributed by atoms with Gasteiger partial charge in [-0.25, -0.2) is 0 Å². The van der Waals surface area contributed by atoms with Crippen molar-refractivity contribution in [2.24, 2.45) is 17.3 Å². The molecule has 5 heteroatoms. The molecule has 1 aromatic carbocycles. The molecule has 3 fully saturated rings. The van der Waals surface area contributed by atoms with Crippen molar-refractivity contribution in [3.8, 4) is 11.5 Å². The first-order valence-corrected chi connectivity index (χ1v) is 12.0. The number of piperidine rings is 1. The molecule has 4 bridgehead atoms. The van der Waals surface area contributed by atoms with Gasteiger partial charge in [0.2, 0.25) is 0 Å². The first kappa shape index (κ1) is 19.0. The molecule has 0 amide bonds. The van der Waals surface area contributed by atoms with Crippen LogP contribution in [0.4, 0.5) is 0 Å². The van der Waals surface area contributed by atoms with Crippen LogP contribution in [0.3, 0.4) is 0 Å². The lowest BCUT2D eigenvalue weighted by molar-refractivity contribution is -0.245. The molecule has 1 aromatic rings. The minimum Gasteiger partial charge on any atom is -0.504 e. The second-order valence-electron chi connectivity index (χ2n) is 11.7. The number of likely N-dealkylation sites (tertiary alicyclic amines) is 1. The lowest BCUT2D eigenvalue weighted by Gasteiger charge is -2.72. The van der Waals surface area contributed by atoms with Crippen LogP contribution in [0.2, 0.25) is 0 Å². The summed E-state index contributed by atoms with van der Waals surface area (Å²) in [7, 11) is 1.76. The fraction of sp³-hybridized carbons (Fsp3) is 0.692. The number of aromatic hydroxyl groups is 1. The molecule has 166 valence electrons. The number of phenols is 1. The standard InChI is InChI=1S/C26H33NO4/c1-23(2,29)18-13-24-8-9-26(18,30-3)22-25(24)10-11-27(14-15-4-5-15)19(24)12-16-6-7-17(28)21(31-22)20(16)25/h6-9,15,18-19,22,28-29H,4-5,10-14H2,1-3H3/t18-,19-,22?,24-,25+,26-/m1/s1. The second-order valence-corrected chi connectivity index (χ2v) is 11.7. The van der Waals surface area contributed by atoms with Gasteiger partial charge < -0.3 is 19.7 Å². The van der Waals surface area contributed by atoms with Crippen molar-refractivity contribution in [1.82, 2.24) is 4.90 Å². The summed E-state index contributed by atoms with van der Waals surface area (Å²) in [6, 6.07) is 4.33. The summed E-state index contributed by atoms with van der Waals surface area (Å²) in [5, 5.41) is 22.1. The maximum absolute atomic E-state index is 11.3. The van der Waals surface area contributed by atoms with Gasteiger partial charge >= 0.3 is 0 Å². The van der Waals surface area contributed by atoms with Gasteiger partial charge in [0.15, 0.2) is 11.5 Å². The molecule has 1 unspecified atom stereocenters. The van der Waals surface area contributed by atoms with Crippen LogP contribution in [0.15, 0.2) is 24.3 Å². The van der Waals surface area contributed by atoms with E-state index >= 15 is 0 Å². The largest absolute Gasteiger partial charge is 0.504 e. The van der Waals surface area contributed by atoms with Crippen molar-refractivity contribution in [3.05, 3.63) is 35.4 Å². The monoisotopic (exact) mass is 423 g/mol. The Bertz CT molecular complexity index is 1010. The zero-order valence-electron chi connectivity index (χ0n) is 18.7. The number of aliphatic hydroxyl groups is 1. The first-order valence-electron chi connectivity index (χ1n) is 12.0. The third kappa shape index (κ3) is 1.97. The highest BCUT2D eigenvalue weighted by molar-refractivity contribution is 5.65. The molecule has 2 heterocycles. The van der Waals surface area contributed by atoms with E-state index in [0.717, 1.165) is 31.7 Å². The Morgan fingerprint density at radius 3 is 2.77 bits per heavy atom. The van der Waals surface area contributed by atoms with E-state index in [2.05, 4.69) is 23.1 Å². The van der Waals surface area contributed by atoms with Gasteiger partial charge in [0, 0.05) is 36.6 Å². The molecular weight excluding hydrogens is 390 g/mol. The Labute approximate surface area is 184 Å². The summed E-state index contributed by atoms with van der Waals surface area (Å²) in [6.07, 6.45) is 10.0. The molecule has 7 aliphatic rings. The SMILES string of the molecule is CO[C@]12C=C[C@@]3(C[C@@H]1C(C)(C)O)[C@H]1Cc4ccc(O)c5c4[C@@]3(CCN1CC1CC1)C2O5. The van der Waals surface area contributed by atoms with E-state index in [1.165, 1.54) is 30.5 Å². The van der Waals surface area contributed by atoms with Gasteiger partial charge in [-0.05, 0) is 70.0 Å². The Morgan fingerprint density at radius 1 is 1.26 bits per heavy atom. The van der Waals surface area contributed by atoms with Crippen LogP contribution in [0.1, 0.15) is 50.7 Å². The zero-order valence-corrected chi connectivity index (χ0v) is 18.7. The molecule has 2 aliphatic heterocycles. The minimum atomic E-state index is -0.897. The predicted molar refractivity (Wildman–Crippen MR) is 116 cm³/mol. The Morgan fingerprint density at radius 2 is 2.06 bits per heavy atom. The number of fused-ring (bicyclic) bond motifs is 1. The molecule has 0 aromatic heterocycles. The van der Waals surface area contributed by atoms with Crippen molar-refractivity contribution in [2.45, 2.75) is 74.7 Å². The smallest absolute Gasteiger partial charge is 0.165 e. The van der Waals surface area contributed by atoms with Crippen molar-refractivity contribution in [3.63, 3.8) is 0 Å². The summed E-state index contributed by atoms with van der Waals surface area (Å²) in [5.41, 5.74) is 0.654. The summed E-state index contributed by atoms with van der Waals surface area (Å²) < 4.78 is 13.1. The van der Waals surface area contributed by atoms with Gasteiger partial charge in [-0.3, -0.25) is 4.90 Å². The average molecular weight is 424 g/mol. The minimum absolute atomic E-state index is 0.0745. The van der Waals surface area contributed by atoms with Gasteiger partial charge in [0.25, 0.3) is 0 Å². The number of benzene rings is 1. The molecule has 2 spiro atoms. The Kier molecular flexibility index (Phi) is 3.36. The van der Waals surface area contributed by atoms with E-state index in [-0.39, 0.29) is 28.6 Å². The van der Waals surface area contributed by atoms with Crippen LogP contribution < -0.4 is 4.74 Å². The van der Waals surface area contributed by atoms with Gasteiger partial charge in [-0.2, -0.15) is 0 Å². The number of hydrogen-bond acceptors (Lipinski definition) is 5. The quantitative estimate of drug-likeness (QED) is 0.729. The normalized spacial score (nSPS) is 44.3. The van der Waals surface area contributed by atoms with Crippen molar-refractivity contribution in [1.29, 1.82) is 0 Å². The van der Waals surface area contributed by atoms with E-state index in [1.54, 1.807) is 7.11 Å². The topological polar surface area (TPSA) is 62.2 Å². The maximum atomic E-state index is 11.3. The number of ether oxygens (including phenoxy) is 2. The second kappa shape index (κ2) is 5.49. The summed E-state index contributed by atoms with van der Waals surface area (Å²) >= 11 is 0. The molecular formula is C26H33NO4. The highest BCUT2D eigenvalue weighted by Crippen LogP contribution is 2.75. The summed E-state index contributed by atoms with van der Waals surface area (Å²) in [6.45, 7) is 6.09. The lowest BCUT2D eigenvalue weighted by atomic mass is 9.36. The Balaban J connectivity index is 1.51. The number of hydrogen-bond donors (Lipinski definition) is 2. The first-order chi connectivity index (χ1) is 14.8. The zero-order chi connectivity index (χ0) is 21.4. The van der Waals surface area contributed by atoms with Crippen LogP contribution in [-0.4, -0.2) is 58.7 Å². The predicted octanol–water partition coefficient (Wildman–Crippen LogP) is 3.16. The van der Waals surface area contributed by atoms with Crippen molar-refractivity contribution in [2.75, 3.05) is 20.2 Å². The van der Waals surface area contributed by atoms with E-state index in [9.17, 15) is 10.2 Å². The maximum Gasteiger partial charge on any atom is 0.165 e. The van der Waals surface area contributed by atoms with Crippen LogP contribution in [0, 0.1) is 17.3 Å². The summed E-state index contributed by atoms with van der Waals surface area (Å²) in [5.74, 6) is 1.68. The van der Waals surface area contributed by atoms with E-state index in [0.29, 0.717) is 11.8 Å². The third-order valence-electron chi connectivity index (χ3n) is 9.96. The molecule has 31 heavy (non-hydrogen) atoms. The van der Waals surface area contributed by atoms with Gasteiger partial charge in [0.1, 0.15) is 11.7 Å². The number of methoxy groups -OCH3 is 1. The fourth-order valence-electron chi connectivity index (χ4n) is 8.58. The Hall–Kier alpha value is -1.56. The molecule has 0 radical (unpaired) electrons. The molecule has 8 rings (SSSR count). The molecule has 1 saturated heterocycles. The van der Waals surface area contributed by atoms with Crippen LogP contribution in [0.25, 0.3) is 0 Å². The average Bonchev–Trinajstić information content (AvgIpc) is 3.47. The van der Waals surface area contributed by atoms with Crippen molar-refractivity contribution >= 4 is 0 Å². The molecule has 5 nitrogen and oxygen atoms in total. The highest BCUT2D eigenvalue weighted by atomic mass is 16.6. The van der Waals surface area contributed by atoms with Gasteiger partial charge in [0.05, 0.1) is 11.0 Å². The number of rotatable bonds is 4. The van der Waals surface area contributed by atoms with Gasteiger partial charge in [-0.15, -0.1) is 0 Å². The molecule has 2 N–H and O–H groups in total. The molecule has 5 aliphatic carbocycles. The number of nitrogens with zero attached hydrogens (tertiary/aromatic N) is 1. The summed E-state index contributed by atoms with van der Waals surface area (Å²) in [4.78, 5) is 2.75. The van der Waals surface area contributed by atoms with Crippen LogP contribution >= 0.6 is 0 Å². The van der Waals surface area contributed by atoms with Gasteiger partial charge in [-0.1, -0.05) is 18.2 Å². The van der Waals surface area contributed by atoms with Crippen LogP contribution in [-0.2, 0) is 16.6 Å². The van der Waals surface area contributed by atoms with Crippen LogP contribution in [0.5, 0.6) is 11.5 Å². The lowest BCUT2D eigenvalue weighted by Crippen LogP contribution is -2.80. The molecule has 2 saturated carbocycles. The fourth-order valence-corrected chi connectivity index (χ4v) is 8.58. The molecule has 6 atom stereocenters.